The van der Waals surface area contributed by atoms with Crippen molar-refractivity contribution in [3.05, 3.63) is 36.0 Å². The Labute approximate surface area is 119 Å². The van der Waals surface area contributed by atoms with E-state index in [1.54, 1.807) is 11.8 Å². The second kappa shape index (κ2) is 4.53. The third kappa shape index (κ3) is 1.95. The summed E-state index contributed by atoms with van der Waals surface area (Å²) in [6.07, 6.45) is 0.632. The second-order valence-corrected chi connectivity index (χ2v) is 5.99. The van der Waals surface area contributed by atoms with Gasteiger partial charge in [0.05, 0.1) is 17.9 Å². The Bertz CT molecular complexity index is 694. The fourth-order valence-electron chi connectivity index (χ4n) is 2.29. The molecule has 4 rings (SSSR count). The van der Waals surface area contributed by atoms with E-state index in [1.165, 1.54) is 0 Å². The van der Waals surface area contributed by atoms with Crippen molar-refractivity contribution in [3.8, 4) is 11.8 Å². The number of benzene rings is 1. The van der Waals surface area contributed by atoms with Gasteiger partial charge in [-0.2, -0.15) is 10.2 Å². The maximum Gasteiger partial charge on any atom is 0.231 e. The van der Waals surface area contributed by atoms with Crippen LogP contribution in [0, 0.1) is 17.2 Å². The number of hydrogen-bond acceptors (Lipinski definition) is 6. The molecule has 3 atom stereocenters. The predicted octanol–water partition coefficient (Wildman–Crippen LogP) is 2.92. The van der Waals surface area contributed by atoms with Crippen LogP contribution in [0.1, 0.15) is 30.2 Å². The summed E-state index contributed by atoms with van der Waals surface area (Å²) in [5, 5.41) is 12.8. The van der Waals surface area contributed by atoms with Gasteiger partial charge in [-0.3, -0.25) is 0 Å². The summed E-state index contributed by atoms with van der Waals surface area (Å²) in [5.41, 5.74) is 0. The minimum absolute atomic E-state index is 0.0330. The molecule has 0 amide bonds. The largest absolute Gasteiger partial charge is 0.480 e. The highest BCUT2D eigenvalue weighted by atomic mass is 32.2. The lowest BCUT2D eigenvalue weighted by Crippen LogP contribution is -2.16. The quantitative estimate of drug-likeness (QED) is 0.844. The van der Waals surface area contributed by atoms with Crippen molar-refractivity contribution < 1.29 is 9.26 Å². The number of ether oxygens (including phenoxy) is 1. The first kappa shape index (κ1) is 11.8. The van der Waals surface area contributed by atoms with Crippen molar-refractivity contribution in [2.24, 2.45) is 5.92 Å². The minimum atomic E-state index is -0.188. The molecule has 1 saturated carbocycles. The Kier molecular flexibility index (Phi) is 2.67. The van der Waals surface area contributed by atoms with Gasteiger partial charge in [-0.25, -0.2) is 0 Å². The van der Waals surface area contributed by atoms with Crippen LogP contribution < -0.4 is 4.74 Å². The van der Waals surface area contributed by atoms with Gasteiger partial charge in [-0.1, -0.05) is 17.3 Å². The summed E-state index contributed by atoms with van der Waals surface area (Å²) >= 11 is 1.73. The average molecular weight is 285 g/mol. The highest BCUT2D eigenvalue weighted by Gasteiger charge is 2.43. The number of thioether (sulfide) groups is 1. The maximum atomic E-state index is 8.83. The summed E-state index contributed by atoms with van der Waals surface area (Å²) < 4.78 is 11.2. The van der Waals surface area contributed by atoms with Crippen LogP contribution in [0.5, 0.6) is 5.75 Å². The van der Waals surface area contributed by atoms with Crippen LogP contribution in [0.25, 0.3) is 0 Å². The van der Waals surface area contributed by atoms with Crippen molar-refractivity contribution in [3.63, 3.8) is 0 Å². The molecule has 2 aliphatic rings. The molecule has 1 aromatic heterocycles. The molecule has 1 aliphatic carbocycles. The van der Waals surface area contributed by atoms with E-state index in [0.29, 0.717) is 11.7 Å². The molecular weight excluding hydrogens is 274 g/mol. The molecule has 0 spiro atoms. The number of fused-ring (bicyclic) bond motifs is 1. The summed E-state index contributed by atoms with van der Waals surface area (Å²) in [7, 11) is 0. The molecule has 20 heavy (non-hydrogen) atoms. The average Bonchev–Trinajstić information content (AvgIpc) is 3.14. The van der Waals surface area contributed by atoms with Crippen LogP contribution in [0.3, 0.4) is 0 Å². The molecule has 2 aromatic rings. The molecule has 0 bridgehead atoms. The fourth-order valence-corrected chi connectivity index (χ4v) is 3.27. The topological polar surface area (TPSA) is 71.9 Å². The van der Waals surface area contributed by atoms with Crippen LogP contribution >= 0.6 is 11.8 Å². The molecule has 0 saturated heterocycles. The number of para-hydroxylation sites is 1. The smallest absolute Gasteiger partial charge is 0.231 e. The Hall–Kier alpha value is -2.00. The van der Waals surface area contributed by atoms with E-state index in [-0.39, 0.29) is 17.9 Å². The summed E-state index contributed by atoms with van der Waals surface area (Å²) in [5.74, 6) is 2.92. The van der Waals surface area contributed by atoms with E-state index in [9.17, 15) is 0 Å². The predicted molar refractivity (Wildman–Crippen MR) is 71.3 cm³/mol. The van der Waals surface area contributed by atoms with E-state index < -0.39 is 0 Å². The molecule has 1 aliphatic heterocycles. The zero-order chi connectivity index (χ0) is 13.5. The Balaban J connectivity index is 1.54. The Morgan fingerprint density at radius 3 is 3.10 bits per heavy atom. The van der Waals surface area contributed by atoms with Gasteiger partial charge in [-0.15, -0.1) is 11.8 Å². The number of nitriles is 1. The van der Waals surface area contributed by atoms with Gasteiger partial charge in [0, 0.05) is 10.6 Å². The van der Waals surface area contributed by atoms with Gasteiger partial charge in [0.1, 0.15) is 5.75 Å². The van der Waals surface area contributed by atoms with Crippen LogP contribution in [0.2, 0.25) is 0 Å². The first-order valence-electron chi connectivity index (χ1n) is 6.47. The van der Waals surface area contributed by atoms with Crippen molar-refractivity contribution in [2.75, 3.05) is 5.75 Å². The zero-order valence-electron chi connectivity index (χ0n) is 10.5. The van der Waals surface area contributed by atoms with E-state index >= 15 is 0 Å². The number of nitrogens with zero attached hydrogens (tertiary/aromatic N) is 3. The normalized spacial score (nSPS) is 27.2. The Morgan fingerprint density at radius 1 is 1.35 bits per heavy atom. The lowest BCUT2D eigenvalue weighted by atomic mass is 10.3. The third-order valence-electron chi connectivity index (χ3n) is 3.53. The van der Waals surface area contributed by atoms with Crippen LogP contribution in [-0.4, -0.2) is 15.9 Å². The van der Waals surface area contributed by atoms with E-state index in [1.807, 2.05) is 24.3 Å². The van der Waals surface area contributed by atoms with E-state index in [2.05, 4.69) is 16.2 Å². The number of rotatable bonds is 2. The van der Waals surface area contributed by atoms with Gasteiger partial charge < -0.3 is 9.26 Å². The maximum absolute atomic E-state index is 8.83. The van der Waals surface area contributed by atoms with Crippen LogP contribution in [0.4, 0.5) is 0 Å². The number of aromatic nitrogens is 2. The van der Waals surface area contributed by atoms with Gasteiger partial charge >= 0.3 is 0 Å². The standard InChI is InChI=1S/C14H11N3O2S/c15-6-8-5-9(8)14-16-13(17-19-14)11-7-20-12-4-2-1-3-10(12)18-11/h1-4,8-9,11H,5,7H2. The number of hydrogen-bond donors (Lipinski definition) is 0. The summed E-state index contributed by atoms with van der Waals surface area (Å²) in [6.45, 7) is 0. The lowest BCUT2D eigenvalue weighted by Gasteiger charge is -2.22. The monoisotopic (exact) mass is 285 g/mol. The molecule has 5 nitrogen and oxygen atoms in total. The molecular formula is C14H11N3O2S. The molecule has 2 heterocycles. The van der Waals surface area contributed by atoms with Gasteiger partial charge in [0.15, 0.2) is 6.10 Å². The van der Waals surface area contributed by atoms with Crippen LogP contribution in [0.15, 0.2) is 33.7 Å². The molecule has 1 aromatic carbocycles. The summed E-state index contributed by atoms with van der Waals surface area (Å²) in [4.78, 5) is 5.54. The van der Waals surface area contributed by atoms with E-state index in [0.717, 1.165) is 22.8 Å². The van der Waals surface area contributed by atoms with Gasteiger partial charge in [0.2, 0.25) is 11.7 Å². The van der Waals surface area contributed by atoms with Crippen LogP contribution in [-0.2, 0) is 0 Å². The SMILES string of the molecule is N#CC1CC1c1nc(C2CSc3ccccc3O2)no1. The van der Waals surface area contributed by atoms with Crippen molar-refractivity contribution in [1.29, 1.82) is 5.26 Å². The van der Waals surface area contributed by atoms with Crippen molar-refractivity contribution >= 4 is 11.8 Å². The first-order valence-corrected chi connectivity index (χ1v) is 7.45. The molecule has 100 valence electrons. The molecule has 0 N–H and O–H groups in total. The van der Waals surface area contributed by atoms with E-state index in [4.69, 9.17) is 14.5 Å². The summed E-state index contributed by atoms with van der Waals surface area (Å²) in [6, 6.07) is 10.2. The van der Waals surface area contributed by atoms with Gasteiger partial charge in [-0.05, 0) is 18.6 Å². The molecule has 3 unspecified atom stereocenters. The lowest BCUT2D eigenvalue weighted by molar-refractivity contribution is 0.205. The van der Waals surface area contributed by atoms with Gasteiger partial charge in [0.25, 0.3) is 0 Å². The minimum Gasteiger partial charge on any atom is -0.480 e. The first-order chi connectivity index (χ1) is 9.85. The highest BCUT2D eigenvalue weighted by molar-refractivity contribution is 7.99. The molecule has 0 radical (unpaired) electrons. The zero-order valence-corrected chi connectivity index (χ0v) is 11.3. The van der Waals surface area contributed by atoms with Crippen molar-refractivity contribution in [1.82, 2.24) is 10.1 Å². The highest BCUT2D eigenvalue weighted by Crippen LogP contribution is 2.46. The van der Waals surface area contributed by atoms with Crippen molar-refractivity contribution in [2.45, 2.75) is 23.3 Å². The third-order valence-corrected chi connectivity index (χ3v) is 4.65. The molecule has 6 heteroatoms. The molecule has 1 fully saturated rings. The second-order valence-electron chi connectivity index (χ2n) is 4.93. The Morgan fingerprint density at radius 2 is 2.25 bits per heavy atom. The fraction of sp³-hybridized carbons (Fsp3) is 0.357.